The van der Waals surface area contributed by atoms with E-state index in [1.54, 1.807) is 17.0 Å². The third-order valence-corrected chi connectivity index (χ3v) is 7.55. The van der Waals surface area contributed by atoms with Crippen LogP contribution < -0.4 is 0 Å². The van der Waals surface area contributed by atoms with Crippen molar-refractivity contribution in [3.8, 4) is 0 Å². The van der Waals surface area contributed by atoms with Crippen molar-refractivity contribution in [3.05, 3.63) is 29.3 Å². The lowest BCUT2D eigenvalue weighted by Crippen LogP contribution is -2.52. The predicted octanol–water partition coefficient (Wildman–Crippen LogP) is 1.25. The molecule has 0 radical (unpaired) electrons. The number of hydrogen-bond donors (Lipinski definition) is 0. The average Bonchev–Trinajstić information content (AvgIpc) is 3.16. The number of aryl methyl sites for hydroxylation is 2. The zero-order chi connectivity index (χ0) is 20.3. The van der Waals surface area contributed by atoms with Gasteiger partial charge in [0, 0.05) is 39.3 Å². The third kappa shape index (κ3) is 4.92. The van der Waals surface area contributed by atoms with Crippen LogP contribution >= 0.6 is 0 Å². The van der Waals surface area contributed by atoms with Crippen molar-refractivity contribution in [2.45, 2.75) is 37.7 Å². The summed E-state index contributed by atoms with van der Waals surface area (Å²) in [5, 5.41) is 0. The van der Waals surface area contributed by atoms with Gasteiger partial charge in [-0.05, 0) is 57.0 Å². The Labute approximate surface area is 168 Å². The van der Waals surface area contributed by atoms with Gasteiger partial charge < -0.3 is 9.64 Å². The van der Waals surface area contributed by atoms with E-state index in [9.17, 15) is 13.2 Å². The number of sulfonamides is 1. The summed E-state index contributed by atoms with van der Waals surface area (Å²) in [4.78, 5) is 16.7. The monoisotopic (exact) mass is 409 g/mol. The number of benzene rings is 1. The quantitative estimate of drug-likeness (QED) is 0.707. The van der Waals surface area contributed by atoms with E-state index in [0.29, 0.717) is 37.6 Å². The van der Waals surface area contributed by atoms with Crippen LogP contribution in [-0.4, -0.2) is 87.5 Å². The summed E-state index contributed by atoms with van der Waals surface area (Å²) in [6.45, 7) is 7.30. The molecule has 1 amide bonds. The molecular formula is C20H31N3O4S. The number of nitrogens with zero attached hydrogens (tertiary/aromatic N) is 3. The van der Waals surface area contributed by atoms with Crippen LogP contribution in [0.25, 0.3) is 0 Å². The maximum Gasteiger partial charge on any atom is 0.243 e. The lowest BCUT2D eigenvalue weighted by Gasteiger charge is -2.35. The summed E-state index contributed by atoms with van der Waals surface area (Å²) >= 11 is 0. The Balaban J connectivity index is 1.53. The second-order valence-corrected chi connectivity index (χ2v) is 9.80. The molecular weight excluding hydrogens is 378 g/mol. The molecule has 2 fully saturated rings. The van der Waals surface area contributed by atoms with Crippen LogP contribution in [0.3, 0.4) is 0 Å². The maximum absolute atomic E-state index is 12.9. The zero-order valence-corrected chi connectivity index (χ0v) is 17.9. The average molecular weight is 410 g/mol. The molecule has 1 aromatic carbocycles. The van der Waals surface area contributed by atoms with E-state index in [4.69, 9.17) is 4.74 Å². The number of rotatable bonds is 6. The Morgan fingerprint density at radius 1 is 1.18 bits per heavy atom. The number of hydrogen-bond acceptors (Lipinski definition) is 5. The Kier molecular flexibility index (Phi) is 6.75. The number of amides is 1. The van der Waals surface area contributed by atoms with Gasteiger partial charge in [0.1, 0.15) is 0 Å². The highest BCUT2D eigenvalue weighted by Crippen LogP contribution is 2.20. The number of likely N-dealkylation sites (N-methyl/N-ethyl adjacent to an activating group) is 1. The van der Waals surface area contributed by atoms with E-state index in [2.05, 4.69) is 0 Å². The minimum Gasteiger partial charge on any atom is -0.377 e. The van der Waals surface area contributed by atoms with Crippen molar-refractivity contribution in [1.29, 1.82) is 0 Å². The smallest absolute Gasteiger partial charge is 0.243 e. The fourth-order valence-corrected chi connectivity index (χ4v) is 5.24. The van der Waals surface area contributed by atoms with Crippen molar-refractivity contribution in [2.24, 2.45) is 0 Å². The van der Waals surface area contributed by atoms with Gasteiger partial charge in [0.15, 0.2) is 0 Å². The van der Waals surface area contributed by atoms with Gasteiger partial charge >= 0.3 is 0 Å². The molecule has 8 heteroatoms. The summed E-state index contributed by atoms with van der Waals surface area (Å²) in [6.07, 6.45) is 2.36. The fraction of sp³-hybridized carbons (Fsp3) is 0.650. The number of ether oxygens (including phenoxy) is 1. The van der Waals surface area contributed by atoms with Crippen LogP contribution in [0.1, 0.15) is 24.0 Å². The van der Waals surface area contributed by atoms with Gasteiger partial charge in [0.25, 0.3) is 0 Å². The van der Waals surface area contributed by atoms with Crippen molar-refractivity contribution in [2.75, 3.05) is 52.9 Å². The second-order valence-electron chi connectivity index (χ2n) is 7.86. The normalized spacial score (nSPS) is 21.4. The van der Waals surface area contributed by atoms with Gasteiger partial charge in [-0.1, -0.05) is 6.07 Å². The molecule has 0 spiro atoms. The van der Waals surface area contributed by atoms with Crippen LogP contribution in [0.5, 0.6) is 0 Å². The Morgan fingerprint density at radius 3 is 2.50 bits per heavy atom. The molecule has 2 heterocycles. The van der Waals surface area contributed by atoms with E-state index in [1.165, 1.54) is 4.31 Å². The van der Waals surface area contributed by atoms with Gasteiger partial charge in [0.2, 0.25) is 15.9 Å². The first-order valence-electron chi connectivity index (χ1n) is 9.92. The summed E-state index contributed by atoms with van der Waals surface area (Å²) < 4.78 is 32.9. The van der Waals surface area contributed by atoms with E-state index in [1.807, 2.05) is 31.9 Å². The molecule has 28 heavy (non-hydrogen) atoms. The van der Waals surface area contributed by atoms with Crippen molar-refractivity contribution in [3.63, 3.8) is 0 Å². The van der Waals surface area contributed by atoms with Gasteiger partial charge in [-0.2, -0.15) is 4.31 Å². The van der Waals surface area contributed by atoms with Crippen LogP contribution in [0.2, 0.25) is 0 Å². The summed E-state index contributed by atoms with van der Waals surface area (Å²) in [5.41, 5.74) is 2.03. The molecule has 2 aliphatic rings. The number of carbonyl (C=O) groups is 1. The first-order chi connectivity index (χ1) is 13.3. The molecule has 1 unspecified atom stereocenters. The van der Waals surface area contributed by atoms with Gasteiger partial charge in [0.05, 0.1) is 17.5 Å². The lowest BCUT2D eigenvalue weighted by atomic mass is 10.1. The minimum absolute atomic E-state index is 0.0451. The van der Waals surface area contributed by atoms with Crippen LogP contribution in [0.4, 0.5) is 0 Å². The van der Waals surface area contributed by atoms with Crippen LogP contribution in [0, 0.1) is 13.8 Å². The van der Waals surface area contributed by atoms with E-state index < -0.39 is 10.0 Å². The molecule has 2 saturated heterocycles. The predicted molar refractivity (Wildman–Crippen MR) is 108 cm³/mol. The van der Waals surface area contributed by atoms with E-state index in [-0.39, 0.29) is 12.0 Å². The molecule has 0 bridgehead atoms. The summed E-state index contributed by atoms with van der Waals surface area (Å²) in [7, 11) is -1.59. The minimum atomic E-state index is -3.52. The Hall–Kier alpha value is -1.48. The molecule has 0 saturated carbocycles. The van der Waals surface area contributed by atoms with Gasteiger partial charge in [-0.25, -0.2) is 8.42 Å². The molecule has 7 nitrogen and oxygen atoms in total. The number of piperazine rings is 1. The van der Waals surface area contributed by atoms with Crippen molar-refractivity contribution >= 4 is 15.9 Å². The molecule has 0 N–H and O–H groups in total. The van der Waals surface area contributed by atoms with E-state index in [0.717, 1.165) is 37.1 Å². The lowest BCUT2D eigenvalue weighted by molar-refractivity contribution is -0.133. The largest absolute Gasteiger partial charge is 0.377 e. The maximum atomic E-state index is 12.9. The van der Waals surface area contributed by atoms with Crippen molar-refractivity contribution < 1.29 is 17.9 Å². The summed E-state index contributed by atoms with van der Waals surface area (Å²) in [5.74, 6) is 0.0451. The third-order valence-electron chi connectivity index (χ3n) is 5.65. The molecule has 1 aromatic rings. The second kappa shape index (κ2) is 8.90. The van der Waals surface area contributed by atoms with Gasteiger partial charge in [-0.3, -0.25) is 9.69 Å². The molecule has 0 aromatic heterocycles. The SMILES string of the molecule is Cc1ccc(S(=O)(=O)N2CCN(C(=O)CN(C)CC3CCCO3)CC2)cc1C. The Bertz CT molecular complexity index is 798. The Morgan fingerprint density at radius 2 is 1.89 bits per heavy atom. The first kappa shape index (κ1) is 21.2. The topological polar surface area (TPSA) is 70.2 Å². The number of carbonyl (C=O) groups excluding carboxylic acids is 1. The zero-order valence-electron chi connectivity index (χ0n) is 17.1. The highest BCUT2D eigenvalue weighted by atomic mass is 32.2. The van der Waals surface area contributed by atoms with Crippen LogP contribution in [-0.2, 0) is 19.6 Å². The summed E-state index contributed by atoms with van der Waals surface area (Å²) in [6, 6.07) is 5.23. The molecule has 2 aliphatic heterocycles. The highest BCUT2D eigenvalue weighted by molar-refractivity contribution is 7.89. The molecule has 3 rings (SSSR count). The molecule has 156 valence electrons. The first-order valence-corrected chi connectivity index (χ1v) is 11.4. The highest BCUT2D eigenvalue weighted by Gasteiger charge is 2.30. The van der Waals surface area contributed by atoms with Crippen LogP contribution in [0.15, 0.2) is 23.1 Å². The standard InChI is InChI=1S/C20H31N3O4S/c1-16-6-7-19(13-17(16)2)28(25,26)23-10-8-22(9-11-23)20(24)15-21(3)14-18-5-4-12-27-18/h6-7,13,18H,4-5,8-12,14-15H2,1-3H3. The van der Waals surface area contributed by atoms with Crippen molar-refractivity contribution in [1.82, 2.24) is 14.1 Å². The molecule has 1 atom stereocenters. The fourth-order valence-electron chi connectivity index (χ4n) is 3.73. The molecule has 0 aliphatic carbocycles. The van der Waals surface area contributed by atoms with E-state index >= 15 is 0 Å². The van der Waals surface area contributed by atoms with Gasteiger partial charge in [-0.15, -0.1) is 0 Å².